The van der Waals surface area contributed by atoms with E-state index in [9.17, 15) is 9.59 Å². The Morgan fingerprint density at radius 2 is 1.89 bits per heavy atom. The average molecular weight is 274 g/mol. The quantitative estimate of drug-likeness (QED) is 0.478. The van der Waals surface area contributed by atoms with E-state index in [1.165, 1.54) is 18.4 Å². The van der Waals surface area contributed by atoms with E-state index < -0.39 is 11.9 Å². The average Bonchev–Trinajstić information content (AvgIpc) is 2.98. The smallest absolute Gasteiger partial charge is 0.316 e. The standard InChI is InChI=1S/C15H14O3S/c1-18-15(17)12(10-11-6-3-2-4-7-11)14(16)13-8-5-9-19-13/h2-9,12H,10H2,1H3. The van der Waals surface area contributed by atoms with Crippen LogP contribution in [0.3, 0.4) is 0 Å². The highest BCUT2D eigenvalue weighted by molar-refractivity contribution is 7.12. The van der Waals surface area contributed by atoms with Gasteiger partial charge < -0.3 is 4.74 Å². The molecule has 0 radical (unpaired) electrons. The zero-order chi connectivity index (χ0) is 13.7. The van der Waals surface area contributed by atoms with Gasteiger partial charge in [0.25, 0.3) is 0 Å². The van der Waals surface area contributed by atoms with Crippen molar-refractivity contribution in [3.05, 3.63) is 58.3 Å². The lowest BCUT2D eigenvalue weighted by Gasteiger charge is -2.12. The minimum atomic E-state index is -0.772. The molecule has 98 valence electrons. The summed E-state index contributed by atoms with van der Waals surface area (Å²) in [4.78, 5) is 24.7. The highest BCUT2D eigenvalue weighted by Gasteiger charge is 2.29. The van der Waals surface area contributed by atoms with Crippen molar-refractivity contribution in [3.8, 4) is 0 Å². The molecule has 0 aliphatic rings. The molecule has 0 bridgehead atoms. The summed E-state index contributed by atoms with van der Waals surface area (Å²) in [5.41, 5.74) is 0.947. The third-order valence-electron chi connectivity index (χ3n) is 2.85. The number of hydrogen-bond donors (Lipinski definition) is 0. The van der Waals surface area contributed by atoms with Gasteiger partial charge in [-0.15, -0.1) is 11.3 Å². The fourth-order valence-corrected chi connectivity index (χ4v) is 2.58. The number of rotatable bonds is 5. The Labute approximate surface area is 115 Å². The first-order chi connectivity index (χ1) is 9.22. The molecule has 19 heavy (non-hydrogen) atoms. The number of benzene rings is 1. The van der Waals surface area contributed by atoms with Gasteiger partial charge in [-0.2, -0.15) is 0 Å². The van der Waals surface area contributed by atoms with Gasteiger partial charge in [-0.05, 0) is 23.4 Å². The van der Waals surface area contributed by atoms with Crippen molar-refractivity contribution >= 4 is 23.1 Å². The summed E-state index contributed by atoms with van der Waals surface area (Å²) in [6.45, 7) is 0. The highest BCUT2D eigenvalue weighted by Crippen LogP contribution is 2.19. The predicted molar refractivity (Wildman–Crippen MR) is 74.3 cm³/mol. The number of methoxy groups -OCH3 is 1. The van der Waals surface area contributed by atoms with E-state index >= 15 is 0 Å². The molecule has 2 rings (SSSR count). The van der Waals surface area contributed by atoms with Gasteiger partial charge in [0, 0.05) is 0 Å². The van der Waals surface area contributed by atoms with Crippen molar-refractivity contribution in [2.75, 3.05) is 7.11 Å². The highest BCUT2D eigenvalue weighted by atomic mass is 32.1. The fraction of sp³-hybridized carbons (Fsp3) is 0.200. The lowest BCUT2D eigenvalue weighted by atomic mass is 9.94. The number of carbonyl (C=O) groups excluding carboxylic acids is 2. The molecule has 1 atom stereocenters. The molecular formula is C15H14O3S. The molecule has 0 N–H and O–H groups in total. The molecule has 0 fully saturated rings. The zero-order valence-corrected chi connectivity index (χ0v) is 11.4. The molecule has 0 amide bonds. The summed E-state index contributed by atoms with van der Waals surface area (Å²) < 4.78 is 4.75. The molecule has 3 nitrogen and oxygen atoms in total. The van der Waals surface area contributed by atoms with E-state index in [4.69, 9.17) is 4.74 Å². The molecular weight excluding hydrogens is 260 g/mol. The Bertz CT molecular complexity index is 546. The molecule has 0 saturated carbocycles. The number of thiophene rings is 1. The van der Waals surface area contributed by atoms with Crippen LogP contribution in [0.25, 0.3) is 0 Å². The van der Waals surface area contributed by atoms with Crippen LogP contribution in [-0.2, 0) is 16.0 Å². The van der Waals surface area contributed by atoms with Crippen LogP contribution in [-0.4, -0.2) is 18.9 Å². The van der Waals surface area contributed by atoms with Crippen LogP contribution in [0.2, 0.25) is 0 Å². The fourth-order valence-electron chi connectivity index (χ4n) is 1.87. The summed E-state index contributed by atoms with van der Waals surface area (Å²) in [5, 5.41) is 1.82. The van der Waals surface area contributed by atoms with Gasteiger partial charge in [0.1, 0.15) is 5.92 Å². The van der Waals surface area contributed by atoms with Gasteiger partial charge >= 0.3 is 5.97 Å². The molecule has 2 aromatic rings. The van der Waals surface area contributed by atoms with E-state index in [1.807, 2.05) is 35.7 Å². The molecule has 1 aromatic carbocycles. The summed E-state index contributed by atoms with van der Waals surface area (Å²) in [7, 11) is 1.31. The van der Waals surface area contributed by atoms with E-state index in [0.29, 0.717) is 11.3 Å². The van der Waals surface area contributed by atoms with Crippen molar-refractivity contribution in [3.63, 3.8) is 0 Å². The molecule has 0 saturated heterocycles. The Balaban J connectivity index is 2.22. The monoisotopic (exact) mass is 274 g/mol. The first kappa shape index (κ1) is 13.5. The second-order valence-corrected chi connectivity index (χ2v) is 5.05. The second-order valence-electron chi connectivity index (χ2n) is 4.11. The van der Waals surface area contributed by atoms with Crippen molar-refractivity contribution in [1.82, 2.24) is 0 Å². The summed E-state index contributed by atoms with van der Waals surface area (Å²) in [5.74, 6) is -1.43. The lowest BCUT2D eigenvalue weighted by molar-refractivity contribution is -0.143. The zero-order valence-electron chi connectivity index (χ0n) is 10.5. The first-order valence-corrected chi connectivity index (χ1v) is 6.80. The topological polar surface area (TPSA) is 43.4 Å². The van der Waals surface area contributed by atoms with Crippen LogP contribution in [0.5, 0.6) is 0 Å². The first-order valence-electron chi connectivity index (χ1n) is 5.92. The number of ketones is 1. The minimum Gasteiger partial charge on any atom is -0.468 e. The Hall–Kier alpha value is -1.94. The maximum atomic E-state index is 12.3. The molecule has 1 heterocycles. The van der Waals surface area contributed by atoms with Gasteiger partial charge in [0.2, 0.25) is 0 Å². The van der Waals surface area contributed by atoms with Crippen LogP contribution in [0, 0.1) is 5.92 Å². The Morgan fingerprint density at radius 3 is 2.47 bits per heavy atom. The molecule has 0 spiro atoms. The molecule has 1 aromatic heterocycles. The van der Waals surface area contributed by atoms with Gasteiger partial charge in [-0.1, -0.05) is 36.4 Å². The van der Waals surface area contributed by atoms with Gasteiger partial charge in [-0.25, -0.2) is 0 Å². The van der Waals surface area contributed by atoms with Gasteiger partial charge in [-0.3, -0.25) is 9.59 Å². The number of carbonyl (C=O) groups is 2. The normalized spacial score (nSPS) is 11.8. The molecule has 1 unspecified atom stereocenters. The second kappa shape index (κ2) is 6.29. The number of esters is 1. The minimum absolute atomic E-state index is 0.175. The number of hydrogen-bond acceptors (Lipinski definition) is 4. The van der Waals surface area contributed by atoms with Crippen LogP contribution < -0.4 is 0 Å². The third-order valence-corrected chi connectivity index (χ3v) is 3.73. The summed E-state index contributed by atoms with van der Waals surface area (Å²) in [6.07, 6.45) is 0.365. The van der Waals surface area contributed by atoms with E-state index in [0.717, 1.165) is 5.56 Å². The van der Waals surface area contributed by atoms with E-state index in [1.54, 1.807) is 12.1 Å². The van der Waals surface area contributed by atoms with E-state index in [2.05, 4.69) is 0 Å². The van der Waals surface area contributed by atoms with E-state index in [-0.39, 0.29) is 5.78 Å². The van der Waals surface area contributed by atoms with Crippen molar-refractivity contribution in [2.45, 2.75) is 6.42 Å². The summed E-state index contributed by atoms with van der Waals surface area (Å²) in [6, 6.07) is 13.0. The number of ether oxygens (including phenoxy) is 1. The third kappa shape index (κ3) is 3.29. The Morgan fingerprint density at radius 1 is 1.16 bits per heavy atom. The van der Waals surface area contributed by atoms with Crippen molar-refractivity contribution in [1.29, 1.82) is 0 Å². The molecule has 0 aliphatic heterocycles. The van der Waals surface area contributed by atoms with Crippen LogP contribution in [0.4, 0.5) is 0 Å². The molecule has 0 aliphatic carbocycles. The van der Waals surface area contributed by atoms with Crippen molar-refractivity contribution < 1.29 is 14.3 Å². The Kier molecular flexibility index (Phi) is 4.47. The predicted octanol–water partition coefficient (Wildman–Crippen LogP) is 2.96. The van der Waals surface area contributed by atoms with Crippen LogP contribution >= 0.6 is 11.3 Å². The molecule has 4 heteroatoms. The van der Waals surface area contributed by atoms with Crippen LogP contribution in [0.1, 0.15) is 15.2 Å². The van der Waals surface area contributed by atoms with Crippen LogP contribution in [0.15, 0.2) is 47.8 Å². The SMILES string of the molecule is COC(=O)C(Cc1ccccc1)C(=O)c1cccs1. The summed E-state index contributed by atoms with van der Waals surface area (Å²) >= 11 is 1.34. The number of Topliss-reactive ketones (excluding diaryl/α,β-unsaturated/α-hetero) is 1. The maximum absolute atomic E-state index is 12.3. The van der Waals surface area contributed by atoms with Gasteiger partial charge in [0.05, 0.1) is 12.0 Å². The van der Waals surface area contributed by atoms with Gasteiger partial charge in [0.15, 0.2) is 5.78 Å². The largest absolute Gasteiger partial charge is 0.468 e. The maximum Gasteiger partial charge on any atom is 0.316 e. The lowest BCUT2D eigenvalue weighted by Crippen LogP contribution is -2.27. The van der Waals surface area contributed by atoms with Crippen molar-refractivity contribution in [2.24, 2.45) is 5.92 Å².